The zero-order chi connectivity index (χ0) is 11.1. The molecular weight excluding hydrogens is 188 g/mol. The second-order valence-corrected chi connectivity index (χ2v) is 5.62. The Bertz CT molecular complexity index is 264. The molecule has 2 fully saturated rings. The van der Waals surface area contributed by atoms with E-state index in [9.17, 15) is 4.79 Å². The standard InChI is InChI=1S/C12H22N2O/c1-9(2)12(3)5-7-14(8-12)10-4-6-13-11(10)15/h9-10H,4-8H2,1-3H3,(H,13,15)/t10?,12-/m0/s1. The number of carbonyl (C=O) groups is 1. The third-order valence-corrected chi connectivity index (χ3v) is 4.39. The lowest BCUT2D eigenvalue weighted by atomic mass is 9.78. The Kier molecular flexibility index (Phi) is 2.75. The Morgan fingerprint density at radius 3 is 2.73 bits per heavy atom. The Morgan fingerprint density at radius 1 is 1.53 bits per heavy atom. The van der Waals surface area contributed by atoms with Gasteiger partial charge in [0.1, 0.15) is 0 Å². The molecule has 0 radical (unpaired) electrons. The van der Waals surface area contributed by atoms with Gasteiger partial charge in [-0.1, -0.05) is 20.8 Å². The largest absolute Gasteiger partial charge is 0.355 e. The van der Waals surface area contributed by atoms with E-state index in [1.54, 1.807) is 0 Å². The molecule has 86 valence electrons. The van der Waals surface area contributed by atoms with Crippen LogP contribution in [0.15, 0.2) is 0 Å². The van der Waals surface area contributed by atoms with Gasteiger partial charge in [0, 0.05) is 13.1 Å². The van der Waals surface area contributed by atoms with Crippen molar-refractivity contribution in [3.63, 3.8) is 0 Å². The number of hydrogen-bond donors (Lipinski definition) is 1. The van der Waals surface area contributed by atoms with Gasteiger partial charge in [-0.2, -0.15) is 0 Å². The zero-order valence-corrected chi connectivity index (χ0v) is 10.0. The lowest BCUT2D eigenvalue weighted by molar-refractivity contribution is -0.123. The van der Waals surface area contributed by atoms with E-state index >= 15 is 0 Å². The molecule has 0 aromatic heterocycles. The Morgan fingerprint density at radius 2 is 2.27 bits per heavy atom. The maximum atomic E-state index is 11.6. The first kappa shape index (κ1) is 10.9. The molecule has 1 N–H and O–H groups in total. The number of nitrogens with one attached hydrogen (secondary N) is 1. The summed E-state index contributed by atoms with van der Waals surface area (Å²) in [6.07, 6.45) is 2.22. The van der Waals surface area contributed by atoms with E-state index in [2.05, 4.69) is 31.0 Å². The van der Waals surface area contributed by atoms with Crippen molar-refractivity contribution >= 4 is 5.91 Å². The molecule has 3 heteroatoms. The van der Waals surface area contributed by atoms with Crippen molar-refractivity contribution in [3.8, 4) is 0 Å². The highest BCUT2D eigenvalue weighted by atomic mass is 16.2. The van der Waals surface area contributed by atoms with Crippen LogP contribution in [0.5, 0.6) is 0 Å². The molecule has 2 atom stereocenters. The van der Waals surface area contributed by atoms with Gasteiger partial charge in [-0.25, -0.2) is 0 Å². The minimum Gasteiger partial charge on any atom is -0.355 e. The first-order valence-corrected chi connectivity index (χ1v) is 6.05. The molecule has 0 spiro atoms. The van der Waals surface area contributed by atoms with Gasteiger partial charge in [0.25, 0.3) is 0 Å². The molecule has 1 unspecified atom stereocenters. The summed E-state index contributed by atoms with van der Waals surface area (Å²) >= 11 is 0. The Balaban J connectivity index is 2.00. The molecule has 0 bridgehead atoms. The normalized spacial score (nSPS) is 37.6. The summed E-state index contributed by atoms with van der Waals surface area (Å²) in [6.45, 7) is 9.97. The SMILES string of the molecule is CC(C)[C@@]1(C)CCN(C2CCNC2=O)C1. The van der Waals surface area contributed by atoms with Crippen LogP contribution in [0.4, 0.5) is 0 Å². The zero-order valence-electron chi connectivity index (χ0n) is 10.0. The molecule has 2 aliphatic heterocycles. The van der Waals surface area contributed by atoms with E-state index < -0.39 is 0 Å². The van der Waals surface area contributed by atoms with Gasteiger partial charge >= 0.3 is 0 Å². The maximum absolute atomic E-state index is 11.6. The van der Waals surface area contributed by atoms with E-state index in [1.165, 1.54) is 6.42 Å². The molecule has 2 heterocycles. The Labute approximate surface area is 92.2 Å². The summed E-state index contributed by atoms with van der Waals surface area (Å²) < 4.78 is 0. The predicted molar refractivity (Wildman–Crippen MR) is 60.5 cm³/mol. The summed E-state index contributed by atoms with van der Waals surface area (Å²) in [6, 6.07) is 0.158. The Hall–Kier alpha value is -0.570. The number of hydrogen-bond acceptors (Lipinski definition) is 2. The van der Waals surface area contributed by atoms with Crippen molar-refractivity contribution < 1.29 is 4.79 Å². The number of rotatable bonds is 2. The third-order valence-electron chi connectivity index (χ3n) is 4.39. The second kappa shape index (κ2) is 3.78. The highest BCUT2D eigenvalue weighted by molar-refractivity contribution is 5.83. The van der Waals surface area contributed by atoms with Crippen LogP contribution >= 0.6 is 0 Å². The molecule has 0 aromatic rings. The fourth-order valence-electron chi connectivity index (χ4n) is 2.69. The quantitative estimate of drug-likeness (QED) is 0.744. The van der Waals surface area contributed by atoms with Gasteiger partial charge in [-0.3, -0.25) is 9.69 Å². The van der Waals surface area contributed by atoms with Crippen molar-refractivity contribution in [1.29, 1.82) is 0 Å². The number of amides is 1. The first-order chi connectivity index (χ1) is 7.03. The van der Waals surface area contributed by atoms with Gasteiger partial charge in [0.05, 0.1) is 6.04 Å². The number of likely N-dealkylation sites (tertiary alicyclic amines) is 1. The average Bonchev–Trinajstić information content (AvgIpc) is 2.73. The fourth-order valence-corrected chi connectivity index (χ4v) is 2.69. The molecule has 2 aliphatic rings. The van der Waals surface area contributed by atoms with Gasteiger partial charge in [-0.05, 0) is 30.7 Å². The van der Waals surface area contributed by atoms with Crippen molar-refractivity contribution in [2.24, 2.45) is 11.3 Å². The van der Waals surface area contributed by atoms with Gasteiger partial charge in [0.15, 0.2) is 0 Å². The minimum absolute atomic E-state index is 0.158. The van der Waals surface area contributed by atoms with Crippen molar-refractivity contribution in [3.05, 3.63) is 0 Å². The van der Waals surface area contributed by atoms with Gasteiger partial charge in [0.2, 0.25) is 5.91 Å². The lowest BCUT2D eigenvalue weighted by Crippen LogP contribution is -2.40. The third kappa shape index (κ3) is 1.89. The van der Waals surface area contributed by atoms with Crippen LogP contribution in [0.25, 0.3) is 0 Å². The van der Waals surface area contributed by atoms with E-state index in [0.717, 1.165) is 26.1 Å². The molecule has 0 aliphatic carbocycles. The summed E-state index contributed by atoms with van der Waals surface area (Å²) in [7, 11) is 0. The maximum Gasteiger partial charge on any atom is 0.237 e. The smallest absolute Gasteiger partial charge is 0.237 e. The highest BCUT2D eigenvalue weighted by Crippen LogP contribution is 2.38. The van der Waals surface area contributed by atoms with Gasteiger partial charge in [-0.15, -0.1) is 0 Å². The van der Waals surface area contributed by atoms with Crippen molar-refractivity contribution in [2.75, 3.05) is 19.6 Å². The molecule has 0 saturated carbocycles. The predicted octanol–water partition coefficient (Wildman–Crippen LogP) is 1.24. The van der Waals surface area contributed by atoms with E-state index in [4.69, 9.17) is 0 Å². The minimum atomic E-state index is 0.158. The van der Waals surface area contributed by atoms with Crippen LogP contribution in [-0.2, 0) is 4.79 Å². The van der Waals surface area contributed by atoms with E-state index in [1.807, 2.05) is 0 Å². The average molecular weight is 210 g/mol. The summed E-state index contributed by atoms with van der Waals surface area (Å²) in [5, 5.41) is 2.92. The number of carbonyl (C=O) groups excluding carboxylic acids is 1. The van der Waals surface area contributed by atoms with Crippen LogP contribution in [0.3, 0.4) is 0 Å². The van der Waals surface area contributed by atoms with Crippen LogP contribution in [0.1, 0.15) is 33.6 Å². The molecule has 2 rings (SSSR count). The fraction of sp³-hybridized carbons (Fsp3) is 0.917. The second-order valence-electron chi connectivity index (χ2n) is 5.62. The monoisotopic (exact) mass is 210 g/mol. The van der Waals surface area contributed by atoms with E-state index in [0.29, 0.717) is 11.3 Å². The summed E-state index contributed by atoms with van der Waals surface area (Å²) in [4.78, 5) is 14.0. The molecule has 3 nitrogen and oxygen atoms in total. The lowest BCUT2D eigenvalue weighted by Gasteiger charge is -2.30. The van der Waals surface area contributed by atoms with Crippen LogP contribution < -0.4 is 5.32 Å². The number of nitrogens with zero attached hydrogens (tertiary/aromatic N) is 1. The summed E-state index contributed by atoms with van der Waals surface area (Å²) in [5.74, 6) is 0.940. The molecule has 1 amide bonds. The van der Waals surface area contributed by atoms with Crippen molar-refractivity contribution in [2.45, 2.75) is 39.7 Å². The molecular formula is C12H22N2O. The van der Waals surface area contributed by atoms with Crippen molar-refractivity contribution in [1.82, 2.24) is 10.2 Å². The van der Waals surface area contributed by atoms with Crippen LogP contribution in [-0.4, -0.2) is 36.5 Å². The molecule has 0 aromatic carbocycles. The van der Waals surface area contributed by atoms with Crippen LogP contribution in [0, 0.1) is 11.3 Å². The molecule has 2 saturated heterocycles. The topological polar surface area (TPSA) is 32.3 Å². The summed E-state index contributed by atoms with van der Waals surface area (Å²) in [5.41, 5.74) is 0.406. The first-order valence-electron chi connectivity index (χ1n) is 6.05. The van der Waals surface area contributed by atoms with Crippen LogP contribution in [0.2, 0.25) is 0 Å². The molecule has 15 heavy (non-hydrogen) atoms. The van der Waals surface area contributed by atoms with E-state index in [-0.39, 0.29) is 11.9 Å². The highest BCUT2D eigenvalue weighted by Gasteiger charge is 2.41. The van der Waals surface area contributed by atoms with Gasteiger partial charge < -0.3 is 5.32 Å².